The highest BCUT2D eigenvalue weighted by atomic mass is 16.2. The largest absolute Gasteiger partial charge is 0.353 e. The maximum atomic E-state index is 12.1. The highest BCUT2D eigenvalue weighted by molar-refractivity contribution is 5.83. The number of amides is 2. The summed E-state index contributed by atoms with van der Waals surface area (Å²) in [6.45, 7) is 2.89. The maximum absolute atomic E-state index is 12.1. The quantitative estimate of drug-likeness (QED) is 0.777. The molecule has 0 spiro atoms. The molecule has 0 radical (unpaired) electrons. The molecule has 0 bridgehead atoms. The van der Waals surface area contributed by atoms with Crippen molar-refractivity contribution in [2.24, 2.45) is 5.92 Å². The molecule has 1 saturated carbocycles. The van der Waals surface area contributed by atoms with Crippen LogP contribution in [0.2, 0.25) is 0 Å². The highest BCUT2D eigenvalue weighted by Crippen LogP contribution is 2.27. The molecule has 0 atom stereocenters. The third-order valence-electron chi connectivity index (χ3n) is 5.41. The Bertz CT molecular complexity index is 436. The molecule has 2 rings (SSSR count). The van der Waals surface area contributed by atoms with Crippen LogP contribution >= 0.6 is 0 Å². The van der Waals surface area contributed by atoms with Crippen molar-refractivity contribution in [1.82, 2.24) is 10.2 Å². The number of carbonyl (C=O) groups excluding carboxylic acids is 3. The van der Waals surface area contributed by atoms with Crippen molar-refractivity contribution in [3.8, 4) is 0 Å². The number of nitrogens with zero attached hydrogens (tertiary/aromatic N) is 1. The van der Waals surface area contributed by atoms with Crippen LogP contribution in [-0.4, -0.2) is 41.6 Å². The van der Waals surface area contributed by atoms with E-state index in [-0.39, 0.29) is 23.6 Å². The number of likely N-dealkylation sites (tertiary alicyclic amines) is 1. The van der Waals surface area contributed by atoms with Gasteiger partial charge < -0.3 is 15.0 Å². The lowest BCUT2D eigenvalue weighted by atomic mass is 9.86. The fourth-order valence-corrected chi connectivity index (χ4v) is 3.83. The molecule has 2 fully saturated rings. The number of nitrogens with one attached hydrogen (secondary N) is 1. The van der Waals surface area contributed by atoms with Gasteiger partial charge in [-0.05, 0) is 32.1 Å². The number of hydrogen-bond acceptors (Lipinski definition) is 3. The first-order valence-corrected chi connectivity index (χ1v) is 9.61. The molecule has 136 valence electrons. The van der Waals surface area contributed by atoms with Crippen molar-refractivity contribution in [2.75, 3.05) is 13.1 Å². The highest BCUT2D eigenvalue weighted by Gasteiger charge is 2.24. The van der Waals surface area contributed by atoms with Gasteiger partial charge in [-0.25, -0.2) is 0 Å². The van der Waals surface area contributed by atoms with Crippen molar-refractivity contribution in [1.29, 1.82) is 0 Å². The number of rotatable bonds is 7. The van der Waals surface area contributed by atoms with E-state index in [4.69, 9.17) is 0 Å². The standard InChI is InChI=1S/C19H32N2O3/c1-15(22)7-10-19(24)21-13-11-17(12-14-21)20-18(23)9-8-16-5-3-2-4-6-16/h16-17H,2-14H2,1H3,(H,20,23). The first-order valence-electron chi connectivity index (χ1n) is 9.61. The van der Waals surface area contributed by atoms with Gasteiger partial charge in [0.25, 0.3) is 0 Å². The number of ketones is 1. The molecule has 1 aliphatic heterocycles. The molecule has 5 heteroatoms. The summed E-state index contributed by atoms with van der Waals surface area (Å²) in [5.74, 6) is 1.03. The summed E-state index contributed by atoms with van der Waals surface area (Å²) in [6, 6.07) is 0.195. The Morgan fingerprint density at radius 2 is 1.58 bits per heavy atom. The Labute approximate surface area is 145 Å². The molecular weight excluding hydrogens is 304 g/mol. The monoisotopic (exact) mass is 336 g/mol. The predicted molar refractivity (Wildman–Crippen MR) is 93.5 cm³/mol. The van der Waals surface area contributed by atoms with Crippen LogP contribution in [-0.2, 0) is 14.4 Å². The second kappa shape index (κ2) is 9.80. The summed E-state index contributed by atoms with van der Waals surface area (Å²) in [7, 11) is 0. The van der Waals surface area contributed by atoms with E-state index in [1.54, 1.807) is 0 Å². The summed E-state index contributed by atoms with van der Waals surface area (Å²) < 4.78 is 0. The number of carbonyl (C=O) groups is 3. The Hall–Kier alpha value is -1.39. The predicted octanol–water partition coefficient (Wildman–Crippen LogP) is 2.82. The van der Waals surface area contributed by atoms with Crippen molar-refractivity contribution < 1.29 is 14.4 Å². The Balaban J connectivity index is 1.60. The minimum Gasteiger partial charge on any atom is -0.353 e. The molecule has 0 unspecified atom stereocenters. The summed E-state index contributed by atoms with van der Waals surface area (Å²) >= 11 is 0. The fraction of sp³-hybridized carbons (Fsp3) is 0.842. The van der Waals surface area contributed by atoms with Gasteiger partial charge in [0.1, 0.15) is 5.78 Å². The Morgan fingerprint density at radius 1 is 0.917 bits per heavy atom. The minimum absolute atomic E-state index is 0.0588. The molecule has 24 heavy (non-hydrogen) atoms. The molecule has 2 aliphatic rings. The second-order valence-corrected chi connectivity index (χ2v) is 7.47. The molecular formula is C19H32N2O3. The minimum atomic E-state index is 0.0588. The molecule has 0 aromatic rings. The topological polar surface area (TPSA) is 66.5 Å². The van der Waals surface area contributed by atoms with E-state index in [9.17, 15) is 14.4 Å². The lowest BCUT2D eigenvalue weighted by Gasteiger charge is -2.32. The van der Waals surface area contributed by atoms with Crippen molar-refractivity contribution >= 4 is 17.6 Å². The molecule has 1 saturated heterocycles. The molecule has 1 heterocycles. The maximum Gasteiger partial charge on any atom is 0.223 e. The molecule has 0 aromatic carbocycles. The van der Waals surface area contributed by atoms with E-state index in [1.165, 1.54) is 39.0 Å². The lowest BCUT2D eigenvalue weighted by molar-refractivity contribution is -0.134. The number of piperidine rings is 1. The third kappa shape index (κ3) is 6.62. The van der Waals surface area contributed by atoms with Crippen LogP contribution in [0.5, 0.6) is 0 Å². The van der Waals surface area contributed by atoms with E-state index in [2.05, 4.69) is 5.32 Å². The van der Waals surface area contributed by atoms with Crippen LogP contribution in [0.3, 0.4) is 0 Å². The van der Waals surface area contributed by atoms with Crippen LogP contribution in [0, 0.1) is 5.92 Å². The Morgan fingerprint density at radius 3 is 2.21 bits per heavy atom. The van der Waals surface area contributed by atoms with Crippen LogP contribution in [0.15, 0.2) is 0 Å². The van der Waals surface area contributed by atoms with E-state index in [1.807, 2.05) is 4.90 Å². The van der Waals surface area contributed by atoms with Crippen LogP contribution in [0.25, 0.3) is 0 Å². The number of hydrogen-bond donors (Lipinski definition) is 1. The first kappa shape index (κ1) is 18.9. The third-order valence-corrected chi connectivity index (χ3v) is 5.41. The van der Waals surface area contributed by atoms with Crippen LogP contribution in [0.4, 0.5) is 0 Å². The Kier molecular flexibility index (Phi) is 7.73. The van der Waals surface area contributed by atoms with Gasteiger partial charge in [-0.2, -0.15) is 0 Å². The normalized spacial score (nSPS) is 20.0. The van der Waals surface area contributed by atoms with Crippen molar-refractivity contribution in [3.63, 3.8) is 0 Å². The lowest BCUT2D eigenvalue weighted by Crippen LogP contribution is -2.46. The van der Waals surface area contributed by atoms with Gasteiger partial charge in [0.2, 0.25) is 11.8 Å². The summed E-state index contributed by atoms with van der Waals surface area (Å²) in [5, 5.41) is 3.14. The summed E-state index contributed by atoms with van der Waals surface area (Å²) in [6.07, 6.45) is 10.5. The second-order valence-electron chi connectivity index (χ2n) is 7.47. The average Bonchev–Trinajstić information content (AvgIpc) is 2.59. The van der Waals surface area contributed by atoms with Gasteiger partial charge in [0.05, 0.1) is 0 Å². The fourth-order valence-electron chi connectivity index (χ4n) is 3.83. The molecule has 1 N–H and O–H groups in total. The van der Waals surface area contributed by atoms with Crippen molar-refractivity contribution in [3.05, 3.63) is 0 Å². The smallest absolute Gasteiger partial charge is 0.223 e. The van der Waals surface area contributed by atoms with Gasteiger partial charge in [-0.3, -0.25) is 9.59 Å². The summed E-state index contributed by atoms with van der Waals surface area (Å²) in [4.78, 5) is 36.9. The molecule has 0 aromatic heterocycles. The van der Waals surface area contributed by atoms with E-state index in [0.717, 1.165) is 25.2 Å². The van der Waals surface area contributed by atoms with Gasteiger partial charge in [-0.15, -0.1) is 0 Å². The average molecular weight is 336 g/mol. The zero-order chi connectivity index (χ0) is 17.4. The van der Waals surface area contributed by atoms with E-state index < -0.39 is 0 Å². The zero-order valence-electron chi connectivity index (χ0n) is 15.0. The van der Waals surface area contributed by atoms with Gasteiger partial charge in [0, 0.05) is 38.4 Å². The van der Waals surface area contributed by atoms with Gasteiger partial charge >= 0.3 is 0 Å². The van der Waals surface area contributed by atoms with E-state index >= 15 is 0 Å². The van der Waals surface area contributed by atoms with Gasteiger partial charge in [-0.1, -0.05) is 32.1 Å². The summed E-state index contributed by atoms with van der Waals surface area (Å²) in [5.41, 5.74) is 0. The number of Topliss-reactive ketones (excluding diaryl/α,β-unsaturated/α-hetero) is 1. The molecule has 5 nitrogen and oxygen atoms in total. The van der Waals surface area contributed by atoms with Crippen LogP contribution in [0.1, 0.15) is 77.6 Å². The van der Waals surface area contributed by atoms with Crippen molar-refractivity contribution in [2.45, 2.75) is 83.6 Å². The van der Waals surface area contributed by atoms with E-state index in [0.29, 0.717) is 32.4 Å². The molecule has 1 aliphatic carbocycles. The first-order chi connectivity index (χ1) is 11.5. The van der Waals surface area contributed by atoms with Crippen LogP contribution < -0.4 is 5.32 Å². The van der Waals surface area contributed by atoms with Gasteiger partial charge in [0.15, 0.2) is 0 Å². The SMILES string of the molecule is CC(=O)CCC(=O)N1CCC(NC(=O)CCC2CCCCC2)CC1. The molecule has 2 amide bonds. The zero-order valence-corrected chi connectivity index (χ0v) is 15.0.